The van der Waals surface area contributed by atoms with E-state index in [1.807, 2.05) is 17.3 Å². The molecule has 2 aliphatic heterocycles. The van der Waals surface area contributed by atoms with Gasteiger partial charge in [0.2, 0.25) is 17.8 Å². The molecule has 0 bridgehead atoms. The van der Waals surface area contributed by atoms with Crippen molar-refractivity contribution in [2.24, 2.45) is 21.6 Å². The average molecular weight is 536 g/mol. The molecule has 0 saturated carbocycles. The number of carbonyl (C=O) groups excluding carboxylic acids is 2. The van der Waals surface area contributed by atoms with Crippen molar-refractivity contribution in [1.29, 1.82) is 0 Å². The Morgan fingerprint density at radius 3 is 2.50 bits per heavy atom. The van der Waals surface area contributed by atoms with Crippen LogP contribution in [0.1, 0.15) is 65.0 Å². The topological polar surface area (TPSA) is 116 Å². The number of carbonyl (C=O) groups is 2. The fourth-order valence-electron chi connectivity index (χ4n) is 5.10. The third kappa shape index (κ3) is 7.30. The quantitative estimate of drug-likeness (QED) is 0.279. The summed E-state index contributed by atoms with van der Waals surface area (Å²) in [6.45, 7) is 8.28. The summed E-state index contributed by atoms with van der Waals surface area (Å²) in [6, 6.07) is -0.548. The summed E-state index contributed by atoms with van der Waals surface area (Å²) < 4.78 is 0. The molecule has 0 aliphatic carbocycles. The van der Waals surface area contributed by atoms with Gasteiger partial charge in [-0.3, -0.25) is 14.5 Å². The molecule has 0 radical (unpaired) electrons. The molecule has 36 heavy (non-hydrogen) atoms. The van der Waals surface area contributed by atoms with Gasteiger partial charge < -0.3 is 21.3 Å². The van der Waals surface area contributed by atoms with Gasteiger partial charge in [0.25, 0.3) is 0 Å². The number of hydrogen-bond acceptors (Lipinski definition) is 7. The molecule has 2 fully saturated rings. The first-order valence-electron chi connectivity index (χ1n) is 12.7. The predicted octanol–water partition coefficient (Wildman–Crippen LogP) is 2.52. The minimum Gasteiger partial charge on any atom is -0.369 e. The molecule has 3 atom stereocenters. The standard InChI is InChI=1S/C25H41N7O2S2/c1-24(2)8-11-32(22(34)18(12-24)27-4)23(26)30-20(35)6-7-25(3)9-10-31(14-17-15-36-16-29-17)21(33)19(13-25)28-5/h15-16,18-19,27-28H,6-14H2,1-5H3,(H2,26,30,35). The van der Waals surface area contributed by atoms with E-state index in [2.05, 4.69) is 41.4 Å². The van der Waals surface area contributed by atoms with Crippen molar-refractivity contribution in [3.63, 3.8) is 0 Å². The predicted molar refractivity (Wildman–Crippen MR) is 149 cm³/mol. The second-order valence-electron chi connectivity index (χ2n) is 11.2. The van der Waals surface area contributed by atoms with Crippen LogP contribution in [0.5, 0.6) is 0 Å². The van der Waals surface area contributed by atoms with Crippen molar-refractivity contribution >= 4 is 46.3 Å². The summed E-state index contributed by atoms with van der Waals surface area (Å²) in [6.07, 6.45) is 4.55. The SMILES string of the molecule is CNC1CC(C)(CCC(=S)N=C(N)N2CCC(C)(C)CC(NC)C2=O)CCN(Cc2cscn2)C1=O. The molecule has 0 spiro atoms. The summed E-state index contributed by atoms with van der Waals surface area (Å²) in [5.41, 5.74) is 8.96. The smallest absolute Gasteiger partial charge is 0.246 e. The molecule has 200 valence electrons. The summed E-state index contributed by atoms with van der Waals surface area (Å²) in [4.78, 5) is 39.0. The number of hydrogen-bond donors (Lipinski definition) is 3. The van der Waals surface area contributed by atoms with Crippen molar-refractivity contribution in [3.8, 4) is 0 Å². The lowest BCUT2D eigenvalue weighted by Crippen LogP contribution is -2.49. The van der Waals surface area contributed by atoms with Gasteiger partial charge in [-0.15, -0.1) is 11.3 Å². The van der Waals surface area contributed by atoms with E-state index in [9.17, 15) is 9.59 Å². The first kappa shape index (κ1) is 28.6. The lowest BCUT2D eigenvalue weighted by Gasteiger charge is -2.29. The number of likely N-dealkylation sites (N-methyl/N-ethyl adjacent to an activating group) is 2. The normalized spacial score (nSPS) is 27.6. The van der Waals surface area contributed by atoms with E-state index in [4.69, 9.17) is 18.0 Å². The van der Waals surface area contributed by atoms with Crippen molar-refractivity contribution in [2.75, 3.05) is 27.2 Å². The Morgan fingerprint density at radius 2 is 1.86 bits per heavy atom. The van der Waals surface area contributed by atoms with Crippen LogP contribution < -0.4 is 16.4 Å². The summed E-state index contributed by atoms with van der Waals surface area (Å²) in [7, 11) is 3.64. The van der Waals surface area contributed by atoms with Gasteiger partial charge in [0.05, 0.1) is 29.8 Å². The molecular formula is C25H41N7O2S2. The number of nitrogens with zero attached hydrogens (tertiary/aromatic N) is 4. The molecule has 2 aliphatic rings. The van der Waals surface area contributed by atoms with Crippen LogP contribution in [0.3, 0.4) is 0 Å². The summed E-state index contributed by atoms with van der Waals surface area (Å²) in [5, 5.41) is 8.32. The largest absolute Gasteiger partial charge is 0.369 e. The Kier molecular flexibility index (Phi) is 9.59. The Labute approximate surface area is 224 Å². The highest BCUT2D eigenvalue weighted by atomic mass is 32.1. The lowest BCUT2D eigenvalue weighted by atomic mass is 9.77. The van der Waals surface area contributed by atoms with E-state index in [-0.39, 0.29) is 40.7 Å². The van der Waals surface area contributed by atoms with Crippen LogP contribution in [0.25, 0.3) is 0 Å². The highest BCUT2D eigenvalue weighted by Gasteiger charge is 2.38. The highest BCUT2D eigenvalue weighted by molar-refractivity contribution is 7.80. The molecule has 2 amide bonds. The molecule has 9 nitrogen and oxygen atoms in total. The third-order valence-electron chi connectivity index (χ3n) is 7.62. The Bertz CT molecular complexity index is 966. The Morgan fingerprint density at radius 1 is 1.17 bits per heavy atom. The first-order valence-corrected chi connectivity index (χ1v) is 14.0. The van der Waals surface area contributed by atoms with Crippen LogP contribution in [0.4, 0.5) is 0 Å². The first-order chi connectivity index (χ1) is 17.0. The van der Waals surface area contributed by atoms with Crippen LogP contribution in [-0.2, 0) is 16.1 Å². The van der Waals surface area contributed by atoms with Crippen LogP contribution in [-0.4, -0.2) is 76.8 Å². The van der Waals surface area contributed by atoms with Gasteiger partial charge in [-0.1, -0.05) is 33.0 Å². The van der Waals surface area contributed by atoms with Crippen molar-refractivity contribution < 1.29 is 9.59 Å². The number of guanidine groups is 1. The van der Waals surface area contributed by atoms with Crippen molar-refractivity contribution in [3.05, 3.63) is 16.6 Å². The second-order valence-corrected chi connectivity index (χ2v) is 12.3. The molecular weight excluding hydrogens is 494 g/mol. The van der Waals surface area contributed by atoms with Gasteiger partial charge in [0, 0.05) is 24.9 Å². The molecule has 2 saturated heterocycles. The van der Waals surface area contributed by atoms with Gasteiger partial charge in [0.1, 0.15) is 4.99 Å². The van der Waals surface area contributed by atoms with Crippen LogP contribution >= 0.6 is 23.6 Å². The average Bonchev–Trinajstić information content (AvgIpc) is 3.26. The maximum Gasteiger partial charge on any atom is 0.246 e. The summed E-state index contributed by atoms with van der Waals surface area (Å²) in [5.74, 6) is 0.228. The van der Waals surface area contributed by atoms with Crippen molar-refractivity contribution in [2.45, 2.75) is 77.9 Å². The molecule has 1 aromatic heterocycles. The number of amides is 2. The van der Waals surface area contributed by atoms with E-state index < -0.39 is 0 Å². The van der Waals surface area contributed by atoms with Gasteiger partial charge >= 0.3 is 0 Å². The Balaban J connectivity index is 1.64. The van der Waals surface area contributed by atoms with Gasteiger partial charge in [-0.05, 0) is 57.0 Å². The molecule has 3 heterocycles. The number of thiazole rings is 1. The molecule has 3 unspecified atom stereocenters. The molecule has 1 aromatic rings. The number of nitrogens with two attached hydrogens (primary N) is 1. The number of aliphatic imine (C=N–C) groups is 1. The van der Waals surface area contributed by atoms with E-state index in [0.29, 0.717) is 31.0 Å². The summed E-state index contributed by atoms with van der Waals surface area (Å²) >= 11 is 7.13. The number of rotatable bonds is 7. The molecule has 0 aromatic carbocycles. The van der Waals surface area contributed by atoms with Gasteiger partial charge in [0.15, 0.2) is 0 Å². The van der Waals surface area contributed by atoms with Crippen molar-refractivity contribution in [1.82, 2.24) is 25.4 Å². The van der Waals surface area contributed by atoms with Gasteiger partial charge in [-0.2, -0.15) is 0 Å². The van der Waals surface area contributed by atoms with E-state index in [1.54, 1.807) is 17.5 Å². The fraction of sp³-hybridized carbons (Fsp3) is 0.720. The number of aromatic nitrogens is 1. The molecule has 11 heteroatoms. The van der Waals surface area contributed by atoms with Crippen LogP contribution in [0, 0.1) is 10.8 Å². The van der Waals surface area contributed by atoms with Crippen LogP contribution in [0.2, 0.25) is 0 Å². The van der Waals surface area contributed by atoms with Crippen LogP contribution in [0.15, 0.2) is 15.9 Å². The van der Waals surface area contributed by atoms with Gasteiger partial charge in [-0.25, -0.2) is 9.98 Å². The third-order valence-corrected chi connectivity index (χ3v) is 8.55. The monoisotopic (exact) mass is 535 g/mol. The second kappa shape index (κ2) is 12.1. The minimum atomic E-state index is -0.294. The van der Waals surface area contributed by atoms with E-state index in [0.717, 1.165) is 37.8 Å². The Hall–Kier alpha value is -1.95. The number of likely N-dealkylation sites (tertiary alicyclic amines) is 2. The molecule has 3 rings (SSSR count). The zero-order chi connectivity index (χ0) is 26.5. The van der Waals surface area contributed by atoms with E-state index >= 15 is 0 Å². The van der Waals surface area contributed by atoms with E-state index in [1.165, 1.54) is 11.3 Å². The minimum absolute atomic E-state index is 0.0294. The lowest BCUT2D eigenvalue weighted by molar-refractivity contribution is -0.133. The number of nitrogens with one attached hydrogen (secondary N) is 2. The maximum absolute atomic E-state index is 13.1. The zero-order valence-corrected chi connectivity index (χ0v) is 23.8. The highest BCUT2D eigenvalue weighted by Crippen LogP contribution is 2.37. The maximum atomic E-state index is 13.1. The molecule has 4 N–H and O–H groups in total. The fourth-order valence-corrected chi connectivity index (χ4v) is 5.84. The zero-order valence-electron chi connectivity index (χ0n) is 22.2. The number of thiocarbonyl (C=S) groups is 1.